The van der Waals surface area contributed by atoms with Gasteiger partial charge in [-0.3, -0.25) is 14.5 Å². The Labute approximate surface area is 271 Å². The van der Waals surface area contributed by atoms with Crippen molar-refractivity contribution in [3.8, 4) is 11.5 Å². The number of amides is 1. The number of Topliss-reactive ketones (excluding diaryl/α,β-unsaturated/α-hetero) is 1. The molecule has 1 N–H and O–H groups in total. The average molecular weight is 639 g/mol. The van der Waals surface area contributed by atoms with Crippen molar-refractivity contribution in [1.82, 2.24) is 4.98 Å². The number of nitrogens with zero attached hydrogens (tertiary/aromatic N) is 2. The normalized spacial score (nSPS) is 15.5. The van der Waals surface area contributed by atoms with Gasteiger partial charge in [-0.15, -0.1) is 0 Å². The molecule has 5 rings (SSSR count). The third-order valence-corrected chi connectivity index (χ3v) is 8.54. The van der Waals surface area contributed by atoms with Gasteiger partial charge in [-0.25, -0.2) is 9.78 Å². The molecule has 0 spiro atoms. The number of benzene rings is 3. The minimum atomic E-state index is -1.03. The van der Waals surface area contributed by atoms with E-state index in [0.29, 0.717) is 41.5 Å². The Hall–Kier alpha value is -5.22. The van der Waals surface area contributed by atoms with Crippen LogP contribution in [0.3, 0.4) is 0 Å². The molecule has 0 saturated carbocycles. The van der Waals surface area contributed by atoms with E-state index in [-0.39, 0.29) is 27.9 Å². The summed E-state index contributed by atoms with van der Waals surface area (Å²) in [4.78, 5) is 45.8. The van der Waals surface area contributed by atoms with E-state index >= 15 is 0 Å². The van der Waals surface area contributed by atoms with Gasteiger partial charge in [0.25, 0.3) is 5.78 Å². The first-order valence-electron chi connectivity index (χ1n) is 14.8. The fourth-order valence-electron chi connectivity index (χ4n) is 4.98. The van der Waals surface area contributed by atoms with Crippen LogP contribution in [0.15, 0.2) is 91.0 Å². The van der Waals surface area contributed by atoms with Crippen molar-refractivity contribution in [3.63, 3.8) is 0 Å². The summed E-state index contributed by atoms with van der Waals surface area (Å²) in [7, 11) is 0. The van der Waals surface area contributed by atoms with Crippen LogP contribution in [0.2, 0.25) is 0 Å². The molecule has 4 aromatic rings. The smallest absolute Gasteiger partial charge is 0.350 e. The van der Waals surface area contributed by atoms with Crippen LogP contribution in [0.25, 0.3) is 5.76 Å². The Balaban J connectivity index is 1.52. The van der Waals surface area contributed by atoms with Crippen LogP contribution in [0.4, 0.5) is 5.13 Å². The SMILES string of the molecule is C=CCOC(=O)c1sc(N2C(=O)C(=O)/C(=C(/O)c3ccc(OCc4ccccc4C)cc3)C2c2ccc(OCCC)cc2)nc1C. The number of carbonyl (C=O) groups is 3. The zero-order chi connectivity index (χ0) is 32.8. The Morgan fingerprint density at radius 1 is 1.00 bits per heavy atom. The Morgan fingerprint density at radius 2 is 1.67 bits per heavy atom. The minimum absolute atomic E-state index is 0.0121. The number of thiazole rings is 1. The number of aliphatic hydroxyl groups excluding tert-OH is 1. The molecule has 1 aromatic heterocycles. The lowest BCUT2D eigenvalue weighted by Crippen LogP contribution is -2.29. The van der Waals surface area contributed by atoms with E-state index in [1.165, 1.54) is 11.0 Å². The van der Waals surface area contributed by atoms with Crippen LogP contribution >= 0.6 is 11.3 Å². The van der Waals surface area contributed by atoms with Gasteiger partial charge >= 0.3 is 11.9 Å². The van der Waals surface area contributed by atoms with E-state index in [4.69, 9.17) is 14.2 Å². The second kappa shape index (κ2) is 14.3. The van der Waals surface area contributed by atoms with Crippen LogP contribution < -0.4 is 14.4 Å². The number of esters is 1. The fourth-order valence-corrected chi connectivity index (χ4v) is 5.97. The summed E-state index contributed by atoms with van der Waals surface area (Å²) in [6.45, 7) is 10.1. The lowest BCUT2D eigenvalue weighted by atomic mass is 9.95. The molecule has 1 amide bonds. The molecule has 0 radical (unpaired) electrons. The molecule has 236 valence electrons. The molecular weight excluding hydrogens is 604 g/mol. The number of anilines is 1. The summed E-state index contributed by atoms with van der Waals surface area (Å²) in [6, 6.07) is 20.5. The maximum absolute atomic E-state index is 13.6. The van der Waals surface area contributed by atoms with Gasteiger partial charge in [-0.2, -0.15) is 0 Å². The molecule has 0 aliphatic carbocycles. The van der Waals surface area contributed by atoms with Crippen molar-refractivity contribution in [2.24, 2.45) is 0 Å². The van der Waals surface area contributed by atoms with E-state index in [1.807, 2.05) is 38.1 Å². The van der Waals surface area contributed by atoms with Crippen molar-refractivity contribution < 1.29 is 33.7 Å². The van der Waals surface area contributed by atoms with E-state index in [1.54, 1.807) is 55.5 Å². The molecule has 1 atom stereocenters. The predicted octanol–water partition coefficient (Wildman–Crippen LogP) is 7.10. The van der Waals surface area contributed by atoms with E-state index < -0.39 is 23.7 Å². The molecule has 9 nitrogen and oxygen atoms in total. The number of aliphatic hydroxyl groups is 1. The highest BCUT2D eigenvalue weighted by Crippen LogP contribution is 2.44. The number of ether oxygens (including phenoxy) is 3. The molecule has 46 heavy (non-hydrogen) atoms. The average Bonchev–Trinajstić information content (AvgIpc) is 3.58. The highest BCUT2D eigenvalue weighted by Gasteiger charge is 2.48. The van der Waals surface area contributed by atoms with Crippen molar-refractivity contribution in [1.29, 1.82) is 0 Å². The Morgan fingerprint density at radius 3 is 2.35 bits per heavy atom. The first kappa shape index (κ1) is 32.2. The number of hydrogen-bond donors (Lipinski definition) is 1. The van der Waals surface area contributed by atoms with Gasteiger partial charge < -0.3 is 19.3 Å². The Kier molecular flexibility index (Phi) is 9.97. The first-order chi connectivity index (χ1) is 22.2. The summed E-state index contributed by atoms with van der Waals surface area (Å²) in [5.74, 6) is -1.51. The number of carbonyl (C=O) groups excluding carboxylic acids is 3. The van der Waals surface area contributed by atoms with Crippen molar-refractivity contribution in [2.45, 2.75) is 39.8 Å². The van der Waals surface area contributed by atoms with E-state index in [9.17, 15) is 19.5 Å². The zero-order valence-corrected chi connectivity index (χ0v) is 26.6. The highest BCUT2D eigenvalue weighted by atomic mass is 32.1. The topological polar surface area (TPSA) is 115 Å². The van der Waals surface area contributed by atoms with Crippen LogP contribution in [-0.2, 0) is 20.9 Å². The number of ketones is 1. The fraction of sp³-hybridized carbons (Fsp3) is 0.222. The third-order valence-electron chi connectivity index (χ3n) is 7.41. The second-order valence-electron chi connectivity index (χ2n) is 10.6. The van der Waals surface area contributed by atoms with E-state index in [2.05, 4.69) is 11.6 Å². The van der Waals surface area contributed by atoms with Crippen molar-refractivity contribution >= 4 is 39.9 Å². The van der Waals surface area contributed by atoms with E-state index in [0.717, 1.165) is 28.9 Å². The third kappa shape index (κ3) is 6.72. The summed E-state index contributed by atoms with van der Waals surface area (Å²) < 4.78 is 16.9. The standard InChI is InChI=1S/C36H34N2O7S/c1-5-19-43-27-15-11-24(12-16-27)30-29(31(39)25-13-17-28(18-14-25)45-21-26-10-8-7-9-22(26)3)32(40)34(41)38(30)36-37-23(4)33(46-36)35(42)44-20-6-2/h6-18,30,39H,2,5,19-21H2,1,3-4H3/b31-29+. The molecule has 1 saturated heterocycles. The molecule has 1 aliphatic rings. The zero-order valence-electron chi connectivity index (χ0n) is 25.8. The van der Waals surface area contributed by atoms with Gasteiger partial charge in [0, 0.05) is 5.56 Å². The second-order valence-corrected chi connectivity index (χ2v) is 11.6. The molecule has 1 aliphatic heterocycles. The molecule has 1 fully saturated rings. The number of aryl methyl sites for hydroxylation is 2. The van der Waals surface area contributed by atoms with Gasteiger partial charge in [0.2, 0.25) is 0 Å². The van der Waals surface area contributed by atoms with Crippen LogP contribution in [0, 0.1) is 13.8 Å². The molecular formula is C36H34N2O7S. The lowest BCUT2D eigenvalue weighted by Gasteiger charge is -2.23. The summed E-state index contributed by atoms with van der Waals surface area (Å²) >= 11 is 0.937. The summed E-state index contributed by atoms with van der Waals surface area (Å²) in [5, 5.41) is 11.7. The number of aromatic nitrogens is 1. The number of hydrogen-bond acceptors (Lipinski definition) is 9. The molecule has 3 aromatic carbocycles. The van der Waals surface area contributed by atoms with Gasteiger partial charge in [-0.1, -0.05) is 67.3 Å². The van der Waals surface area contributed by atoms with Crippen LogP contribution in [-0.4, -0.2) is 41.0 Å². The van der Waals surface area contributed by atoms with Crippen LogP contribution in [0.5, 0.6) is 11.5 Å². The summed E-state index contributed by atoms with van der Waals surface area (Å²) in [5.41, 5.74) is 3.28. The molecule has 0 bridgehead atoms. The first-order valence-corrected chi connectivity index (χ1v) is 15.6. The molecule has 10 heteroatoms. The molecule has 1 unspecified atom stereocenters. The monoisotopic (exact) mass is 638 g/mol. The summed E-state index contributed by atoms with van der Waals surface area (Å²) in [6.07, 6.45) is 2.28. The van der Waals surface area contributed by atoms with Gasteiger partial charge in [0.05, 0.1) is 23.9 Å². The Bertz CT molecular complexity index is 1790. The largest absolute Gasteiger partial charge is 0.507 e. The minimum Gasteiger partial charge on any atom is -0.507 e. The van der Waals surface area contributed by atoms with Gasteiger partial charge in [-0.05, 0) is 73.4 Å². The van der Waals surface area contributed by atoms with Gasteiger partial charge in [0.1, 0.15) is 35.3 Å². The molecule has 2 heterocycles. The lowest BCUT2D eigenvalue weighted by molar-refractivity contribution is -0.132. The van der Waals surface area contributed by atoms with Gasteiger partial charge in [0.15, 0.2) is 5.13 Å². The van der Waals surface area contributed by atoms with Crippen molar-refractivity contribution in [3.05, 3.63) is 124 Å². The number of rotatable bonds is 12. The highest BCUT2D eigenvalue weighted by molar-refractivity contribution is 7.17. The van der Waals surface area contributed by atoms with Crippen molar-refractivity contribution in [2.75, 3.05) is 18.1 Å². The predicted molar refractivity (Wildman–Crippen MR) is 176 cm³/mol. The quantitative estimate of drug-likeness (QED) is 0.0575. The maximum Gasteiger partial charge on any atom is 0.350 e. The van der Waals surface area contributed by atoms with Crippen LogP contribution in [0.1, 0.15) is 57.0 Å². The maximum atomic E-state index is 13.6.